The average molecular weight is 359 g/mol. The Balaban J connectivity index is 1.70. The van der Waals surface area contributed by atoms with Crippen LogP contribution in [0.1, 0.15) is 26.7 Å². The van der Waals surface area contributed by atoms with Crippen LogP contribution in [0.4, 0.5) is 10.6 Å². The first-order chi connectivity index (χ1) is 12.1. The Hall–Kier alpha value is -2.35. The van der Waals surface area contributed by atoms with E-state index < -0.39 is 11.3 Å². The molecule has 1 aromatic carbocycles. The number of para-hydroxylation sites is 1. The van der Waals surface area contributed by atoms with Crippen LogP contribution in [0.15, 0.2) is 29.4 Å². The number of aromatic nitrogens is 2. The number of thioether (sulfide) groups is 1. The molecule has 7 nitrogen and oxygen atoms in total. The van der Waals surface area contributed by atoms with Gasteiger partial charge in [-0.2, -0.15) is 0 Å². The molecular formula is C17H21N5O2S. The van der Waals surface area contributed by atoms with Crippen LogP contribution in [0.2, 0.25) is 0 Å². The second-order valence-electron chi connectivity index (χ2n) is 5.90. The number of fused-ring (bicyclic) bond motifs is 1. The van der Waals surface area contributed by atoms with Gasteiger partial charge < -0.3 is 10.6 Å². The fourth-order valence-corrected chi connectivity index (χ4v) is 3.06. The zero-order valence-corrected chi connectivity index (χ0v) is 15.0. The molecule has 132 valence electrons. The van der Waals surface area contributed by atoms with Crippen LogP contribution in [0.3, 0.4) is 0 Å². The summed E-state index contributed by atoms with van der Waals surface area (Å²) in [6, 6.07) is 7.50. The number of anilines is 1. The van der Waals surface area contributed by atoms with E-state index in [2.05, 4.69) is 25.9 Å². The summed E-state index contributed by atoms with van der Waals surface area (Å²) in [5.41, 5.74) is 0.815. The largest absolute Gasteiger partial charge is 0.370 e. The first-order valence-electron chi connectivity index (χ1n) is 8.35. The van der Waals surface area contributed by atoms with Crippen LogP contribution < -0.4 is 16.0 Å². The van der Waals surface area contributed by atoms with Gasteiger partial charge in [-0.25, -0.2) is 14.8 Å². The number of hydrogen-bond donors (Lipinski definition) is 3. The third kappa shape index (κ3) is 4.60. The molecule has 3 N–H and O–H groups in total. The first-order valence-corrected chi connectivity index (χ1v) is 9.23. The number of carbonyl (C=O) groups excluding carboxylic acids is 2. The molecule has 0 bridgehead atoms. The predicted molar refractivity (Wildman–Crippen MR) is 98.7 cm³/mol. The number of benzene rings is 1. The minimum Gasteiger partial charge on any atom is -0.370 e. The number of hydrogen-bond acceptors (Lipinski definition) is 6. The van der Waals surface area contributed by atoms with Crippen LogP contribution in [-0.4, -0.2) is 39.7 Å². The Morgan fingerprint density at radius 2 is 2.04 bits per heavy atom. The smallest absolute Gasteiger partial charge is 0.321 e. The van der Waals surface area contributed by atoms with Gasteiger partial charge in [0.15, 0.2) is 5.16 Å². The van der Waals surface area contributed by atoms with Crippen molar-refractivity contribution in [3.8, 4) is 0 Å². The van der Waals surface area contributed by atoms with Crippen molar-refractivity contribution in [1.29, 1.82) is 0 Å². The van der Waals surface area contributed by atoms with Crippen molar-refractivity contribution < 1.29 is 9.59 Å². The molecule has 1 aromatic heterocycles. The number of urea groups is 1. The van der Waals surface area contributed by atoms with E-state index >= 15 is 0 Å². The molecule has 0 saturated heterocycles. The highest BCUT2D eigenvalue weighted by atomic mass is 32.2. The molecule has 0 radical (unpaired) electrons. The molecule has 1 saturated carbocycles. The molecule has 3 rings (SSSR count). The summed E-state index contributed by atoms with van der Waals surface area (Å²) in [6.07, 6.45) is 1.95. The van der Waals surface area contributed by atoms with Gasteiger partial charge in [0.05, 0.1) is 10.8 Å². The number of carbonyl (C=O) groups is 2. The minimum absolute atomic E-state index is 0.210. The van der Waals surface area contributed by atoms with Crippen LogP contribution in [0, 0.1) is 0 Å². The number of nitrogens with zero attached hydrogens (tertiary/aromatic N) is 2. The lowest BCUT2D eigenvalue weighted by Gasteiger charge is -2.13. The van der Waals surface area contributed by atoms with Gasteiger partial charge in [-0.1, -0.05) is 23.9 Å². The van der Waals surface area contributed by atoms with Gasteiger partial charge in [0.1, 0.15) is 5.82 Å². The second kappa shape index (κ2) is 7.69. The molecule has 2 aromatic rings. The van der Waals surface area contributed by atoms with Gasteiger partial charge in [-0.15, -0.1) is 0 Å². The highest BCUT2D eigenvalue weighted by Crippen LogP contribution is 2.26. The van der Waals surface area contributed by atoms with E-state index in [0.717, 1.165) is 36.1 Å². The highest BCUT2D eigenvalue weighted by Gasteiger charge is 2.25. The molecule has 1 heterocycles. The van der Waals surface area contributed by atoms with E-state index in [1.54, 1.807) is 6.92 Å². The maximum Gasteiger partial charge on any atom is 0.321 e. The maximum absolute atomic E-state index is 12.2. The van der Waals surface area contributed by atoms with Crippen LogP contribution in [-0.2, 0) is 4.79 Å². The Kier molecular flexibility index (Phi) is 5.37. The summed E-state index contributed by atoms with van der Waals surface area (Å²) in [5.74, 6) is 0.389. The SMILES string of the molecule is CCNc1nc(SC(C)C(=O)NC(=O)NC2CC2)nc2ccccc12. The molecule has 25 heavy (non-hydrogen) atoms. The highest BCUT2D eigenvalue weighted by molar-refractivity contribution is 8.00. The monoisotopic (exact) mass is 359 g/mol. The third-order valence-corrected chi connectivity index (χ3v) is 4.69. The number of imide groups is 1. The Bertz CT molecular complexity index is 794. The molecule has 0 spiro atoms. The molecule has 1 atom stereocenters. The van der Waals surface area contributed by atoms with Gasteiger partial charge in [0.2, 0.25) is 5.91 Å². The topological polar surface area (TPSA) is 96.0 Å². The zero-order chi connectivity index (χ0) is 17.8. The van der Waals surface area contributed by atoms with Gasteiger partial charge in [0, 0.05) is 18.0 Å². The molecule has 8 heteroatoms. The summed E-state index contributed by atoms with van der Waals surface area (Å²) in [7, 11) is 0. The fourth-order valence-electron chi connectivity index (χ4n) is 2.28. The molecule has 1 aliphatic rings. The molecule has 1 unspecified atom stereocenters. The van der Waals surface area contributed by atoms with E-state index in [-0.39, 0.29) is 11.9 Å². The first kappa shape index (κ1) is 17.5. The second-order valence-corrected chi connectivity index (χ2v) is 7.21. The molecule has 1 aliphatic carbocycles. The van der Waals surface area contributed by atoms with Crippen molar-refractivity contribution in [2.75, 3.05) is 11.9 Å². The fraction of sp³-hybridized carbons (Fsp3) is 0.412. The van der Waals surface area contributed by atoms with E-state index in [1.807, 2.05) is 31.2 Å². The van der Waals surface area contributed by atoms with Gasteiger partial charge in [0.25, 0.3) is 0 Å². The summed E-state index contributed by atoms with van der Waals surface area (Å²) in [4.78, 5) is 32.9. The van der Waals surface area contributed by atoms with Crippen molar-refractivity contribution >= 4 is 40.4 Å². The summed E-state index contributed by atoms with van der Waals surface area (Å²) < 4.78 is 0. The summed E-state index contributed by atoms with van der Waals surface area (Å²) in [5, 5.41) is 9.28. The van der Waals surface area contributed by atoms with Crippen molar-refractivity contribution in [2.45, 2.75) is 43.1 Å². The average Bonchev–Trinajstić information content (AvgIpc) is 3.38. The number of amides is 3. The predicted octanol–water partition coefficient (Wildman–Crippen LogP) is 2.53. The lowest BCUT2D eigenvalue weighted by Crippen LogP contribution is -2.43. The van der Waals surface area contributed by atoms with E-state index in [0.29, 0.717) is 5.16 Å². The maximum atomic E-state index is 12.2. The van der Waals surface area contributed by atoms with Crippen molar-refractivity contribution in [1.82, 2.24) is 20.6 Å². The van der Waals surface area contributed by atoms with Gasteiger partial charge in [-0.3, -0.25) is 10.1 Å². The number of rotatable bonds is 6. The van der Waals surface area contributed by atoms with Crippen LogP contribution in [0.25, 0.3) is 10.9 Å². The third-order valence-electron chi connectivity index (χ3n) is 3.73. The number of nitrogens with one attached hydrogen (secondary N) is 3. The zero-order valence-electron chi connectivity index (χ0n) is 14.2. The quantitative estimate of drug-likeness (QED) is 0.542. The van der Waals surface area contributed by atoms with Gasteiger partial charge in [-0.05, 0) is 38.8 Å². The van der Waals surface area contributed by atoms with Crippen molar-refractivity contribution in [2.24, 2.45) is 0 Å². The molecule has 3 amide bonds. The van der Waals surface area contributed by atoms with Crippen LogP contribution in [0.5, 0.6) is 0 Å². The summed E-state index contributed by atoms with van der Waals surface area (Å²) >= 11 is 1.23. The van der Waals surface area contributed by atoms with Crippen molar-refractivity contribution in [3.05, 3.63) is 24.3 Å². The Morgan fingerprint density at radius 3 is 2.76 bits per heavy atom. The van der Waals surface area contributed by atoms with E-state index in [4.69, 9.17) is 0 Å². The van der Waals surface area contributed by atoms with Crippen molar-refractivity contribution in [3.63, 3.8) is 0 Å². The van der Waals surface area contributed by atoms with Crippen LogP contribution >= 0.6 is 11.8 Å². The lowest BCUT2D eigenvalue weighted by molar-refractivity contribution is -0.119. The summed E-state index contributed by atoms with van der Waals surface area (Å²) in [6.45, 7) is 4.47. The Labute approximate surface area is 150 Å². The molecular weight excluding hydrogens is 338 g/mol. The molecule has 1 fully saturated rings. The van der Waals surface area contributed by atoms with E-state index in [9.17, 15) is 9.59 Å². The minimum atomic E-state index is -0.486. The standard InChI is InChI=1S/C17H21N5O2S/c1-3-18-14-12-6-4-5-7-13(12)20-17(21-14)25-10(2)15(23)22-16(24)19-11-8-9-11/h4-7,10-11H,3,8-9H2,1-2H3,(H,18,20,21)(H2,19,22,23,24). The van der Waals surface area contributed by atoms with E-state index in [1.165, 1.54) is 11.8 Å². The Morgan fingerprint density at radius 1 is 1.28 bits per heavy atom. The molecule has 0 aliphatic heterocycles. The lowest BCUT2D eigenvalue weighted by atomic mass is 10.2. The van der Waals surface area contributed by atoms with Gasteiger partial charge >= 0.3 is 6.03 Å². The normalized spacial score (nSPS) is 14.8.